The van der Waals surface area contributed by atoms with Gasteiger partial charge in [-0.3, -0.25) is 9.69 Å². The van der Waals surface area contributed by atoms with Crippen molar-refractivity contribution in [1.29, 1.82) is 0 Å². The predicted octanol–water partition coefficient (Wildman–Crippen LogP) is 2.98. The van der Waals surface area contributed by atoms with Crippen molar-refractivity contribution in [3.05, 3.63) is 35.3 Å². The molecule has 1 aromatic carbocycles. The van der Waals surface area contributed by atoms with Crippen LogP contribution in [0.25, 0.3) is 10.6 Å². The molecule has 1 aliphatic rings. The van der Waals surface area contributed by atoms with E-state index < -0.39 is 0 Å². The average molecular weight is 345 g/mol. The number of benzene rings is 1. The standard InChI is InChI=1S/C18H23N3O2S/c1-13(2)20-8-10-21(11-9-20)18(22)16-12-24-17(19-16)14-4-6-15(23-3)7-5-14/h4-7,12-13H,8-11H2,1-3H3. The summed E-state index contributed by atoms with van der Waals surface area (Å²) >= 11 is 1.50. The lowest BCUT2D eigenvalue weighted by Gasteiger charge is -2.36. The van der Waals surface area contributed by atoms with Crippen molar-refractivity contribution in [2.45, 2.75) is 19.9 Å². The van der Waals surface area contributed by atoms with E-state index in [1.165, 1.54) is 11.3 Å². The Morgan fingerprint density at radius 1 is 1.17 bits per heavy atom. The van der Waals surface area contributed by atoms with Gasteiger partial charge in [-0.15, -0.1) is 11.3 Å². The van der Waals surface area contributed by atoms with Gasteiger partial charge in [0.05, 0.1) is 7.11 Å². The highest BCUT2D eigenvalue weighted by Crippen LogP contribution is 2.26. The number of aromatic nitrogens is 1. The van der Waals surface area contributed by atoms with E-state index in [2.05, 4.69) is 23.7 Å². The topological polar surface area (TPSA) is 45.7 Å². The molecule has 24 heavy (non-hydrogen) atoms. The van der Waals surface area contributed by atoms with E-state index in [9.17, 15) is 4.79 Å². The Labute approximate surface area is 146 Å². The number of ether oxygens (including phenoxy) is 1. The maximum atomic E-state index is 12.7. The molecule has 2 heterocycles. The van der Waals surface area contributed by atoms with Crippen LogP contribution >= 0.6 is 11.3 Å². The number of hydrogen-bond acceptors (Lipinski definition) is 5. The van der Waals surface area contributed by atoms with Crippen LogP contribution in [0.1, 0.15) is 24.3 Å². The summed E-state index contributed by atoms with van der Waals surface area (Å²) in [6, 6.07) is 8.27. The Bertz CT molecular complexity index is 689. The molecule has 5 nitrogen and oxygen atoms in total. The maximum Gasteiger partial charge on any atom is 0.273 e. The van der Waals surface area contributed by atoms with Crippen LogP contribution in [-0.2, 0) is 0 Å². The van der Waals surface area contributed by atoms with E-state index in [4.69, 9.17) is 4.74 Å². The van der Waals surface area contributed by atoms with Crippen LogP contribution in [0, 0.1) is 0 Å². The summed E-state index contributed by atoms with van der Waals surface area (Å²) in [4.78, 5) is 21.5. The zero-order valence-corrected chi connectivity index (χ0v) is 15.2. The van der Waals surface area contributed by atoms with E-state index in [0.29, 0.717) is 11.7 Å². The zero-order valence-electron chi connectivity index (χ0n) is 14.4. The highest BCUT2D eigenvalue weighted by molar-refractivity contribution is 7.13. The lowest BCUT2D eigenvalue weighted by atomic mass is 10.2. The third kappa shape index (κ3) is 3.60. The van der Waals surface area contributed by atoms with Crippen LogP contribution in [0.2, 0.25) is 0 Å². The van der Waals surface area contributed by atoms with Crippen LogP contribution in [0.4, 0.5) is 0 Å². The van der Waals surface area contributed by atoms with Crippen LogP contribution in [0.15, 0.2) is 29.6 Å². The number of amides is 1. The van der Waals surface area contributed by atoms with Crippen molar-refractivity contribution in [1.82, 2.24) is 14.8 Å². The lowest BCUT2D eigenvalue weighted by Crippen LogP contribution is -2.50. The first kappa shape index (κ1) is 16.9. The second kappa shape index (κ2) is 7.32. The van der Waals surface area contributed by atoms with E-state index in [-0.39, 0.29) is 5.91 Å². The van der Waals surface area contributed by atoms with E-state index >= 15 is 0 Å². The molecule has 6 heteroatoms. The molecule has 0 unspecified atom stereocenters. The second-order valence-electron chi connectivity index (χ2n) is 6.19. The van der Waals surface area contributed by atoms with E-state index in [0.717, 1.165) is 42.5 Å². The van der Waals surface area contributed by atoms with Gasteiger partial charge in [-0.2, -0.15) is 0 Å². The minimum atomic E-state index is 0.0365. The van der Waals surface area contributed by atoms with Gasteiger partial charge in [0.1, 0.15) is 16.5 Å². The third-order valence-electron chi connectivity index (χ3n) is 4.39. The first-order valence-corrected chi connectivity index (χ1v) is 9.09. The summed E-state index contributed by atoms with van der Waals surface area (Å²) in [6.07, 6.45) is 0. The summed E-state index contributed by atoms with van der Waals surface area (Å²) in [6.45, 7) is 7.79. The Kier molecular flexibility index (Phi) is 5.16. The molecule has 0 bridgehead atoms. The van der Waals surface area contributed by atoms with Crippen LogP contribution in [0.3, 0.4) is 0 Å². The zero-order chi connectivity index (χ0) is 17.1. The van der Waals surface area contributed by atoms with E-state index in [1.54, 1.807) is 7.11 Å². The van der Waals surface area contributed by atoms with Crippen molar-refractivity contribution in [3.63, 3.8) is 0 Å². The van der Waals surface area contributed by atoms with Gasteiger partial charge in [0.15, 0.2) is 0 Å². The smallest absolute Gasteiger partial charge is 0.273 e. The van der Waals surface area contributed by atoms with Crippen molar-refractivity contribution in [2.24, 2.45) is 0 Å². The van der Waals surface area contributed by atoms with Gasteiger partial charge in [-0.1, -0.05) is 0 Å². The number of hydrogen-bond donors (Lipinski definition) is 0. The van der Waals surface area contributed by atoms with Gasteiger partial charge in [0, 0.05) is 43.2 Å². The van der Waals surface area contributed by atoms with Crippen LogP contribution < -0.4 is 4.74 Å². The molecule has 0 saturated carbocycles. The Morgan fingerprint density at radius 2 is 1.83 bits per heavy atom. The van der Waals surface area contributed by atoms with Gasteiger partial charge in [0.25, 0.3) is 5.91 Å². The van der Waals surface area contributed by atoms with Crippen molar-refractivity contribution in [3.8, 4) is 16.3 Å². The normalized spacial score (nSPS) is 15.8. The highest BCUT2D eigenvalue weighted by Gasteiger charge is 2.24. The number of thiazole rings is 1. The SMILES string of the molecule is COc1ccc(-c2nc(C(=O)N3CCN(C(C)C)CC3)cs2)cc1. The number of carbonyl (C=O) groups excluding carboxylic acids is 1. The molecule has 0 aliphatic carbocycles. The summed E-state index contributed by atoms with van der Waals surface area (Å²) in [7, 11) is 1.65. The van der Waals surface area contributed by atoms with Gasteiger partial charge in [-0.05, 0) is 38.1 Å². The number of nitrogens with zero attached hydrogens (tertiary/aromatic N) is 3. The van der Waals surface area contributed by atoms with Crippen LogP contribution in [-0.4, -0.2) is 60.0 Å². The summed E-state index contributed by atoms with van der Waals surface area (Å²) < 4.78 is 5.17. The third-order valence-corrected chi connectivity index (χ3v) is 5.28. The molecule has 128 valence electrons. The first-order valence-electron chi connectivity index (χ1n) is 8.21. The summed E-state index contributed by atoms with van der Waals surface area (Å²) in [5.74, 6) is 0.851. The quantitative estimate of drug-likeness (QED) is 0.855. The molecule has 1 fully saturated rings. The fourth-order valence-electron chi connectivity index (χ4n) is 2.84. The molecule has 2 aromatic rings. The van der Waals surface area contributed by atoms with Gasteiger partial charge < -0.3 is 9.64 Å². The molecular weight excluding hydrogens is 322 g/mol. The molecule has 1 amide bonds. The maximum absolute atomic E-state index is 12.7. The molecule has 1 saturated heterocycles. The molecular formula is C18H23N3O2S. The molecule has 0 radical (unpaired) electrons. The monoisotopic (exact) mass is 345 g/mol. The fourth-order valence-corrected chi connectivity index (χ4v) is 3.64. The number of piperazine rings is 1. The Hall–Kier alpha value is -1.92. The van der Waals surface area contributed by atoms with Crippen molar-refractivity contribution in [2.75, 3.05) is 33.3 Å². The largest absolute Gasteiger partial charge is 0.497 e. The number of rotatable bonds is 4. The van der Waals surface area contributed by atoms with E-state index in [1.807, 2.05) is 34.5 Å². The van der Waals surface area contributed by atoms with Gasteiger partial charge in [0.2, 0.25) is 0 Å². The fraction of sp³-hybridized carbons (Fsp3) is 0.444. The lowest BCUT2D eigenvalue weighted by molar-refractivity contribution is 0.0591. The molecule has 0 N–H and O–H groups in total. The number of carbonyl (C=O) groups is 1. The van der Waals surface area contributed by atoms with Crippen molar-refractivity contribution < 1.29 is 9.53 Å². The van der Waals surface area contributed by atoms with Gasteiger partial charge >= 0.3 is 0 Å². The Balaban J connectivity index is 1.67. The summed E-state index contributed by atoms with van der Waals surface area (Å²) in [5, 5.41) is 2.72. The first-order chi connectivity index (χ1) is 11.6. The minimum absolute atomic E-state index is 0.0365. The predicted molar refractivity (Wildman–Crippen MR) is 96.7 cm³/mol. The molecule has 1 aliphatic heterocycles. The average Bonchev–Trinajstić information content (AvgIpc) is 3.11. The molecule has 0 spiro atoms. The number of methoxy groups -OCH3 is 1. The van der Waals surface area contributed by atoms with Gasteiger partial charge in [-0.25, -0.2) is 4.98 Å². The minimum Gasteiger partial charge on any atom is -0.497 e. The molecule has 3 rings (SSSR count). The second-order valence-corrected chi connectivity index (χ2v) is 7.05. The Morgan fingerprint density at radius 3 is 2.42 bits per heavy atom. The molecule has 0 atom stereocenters. The molecule has 1 aromatic heterocycles. The summed E-state index contributed by atoms with van der Waals surface area (Å²) in [5.41, 5.74) is 1.55. The highest BCUT2D eigenvalue weighted by atomic mass is 32.1. The van der Waals surface area contributed by atoms with Crippen molar-refractivity contribution >= 4 is 17.2 Å². The van der Waals surface area contributed by atoms with Crippen LogP contribution in [0.5, 0.6) is 5.75 Å².